The number of morpholine rings is 1. The first-order chi connectivity index (χ1) is 18.8. The molecular weight excluding hydrogens is 511 g/mol. The molecule has 4 aromatic rings. The van der Waals surface area contributed by atoms with E-state index >= 15 is 0 Å². The van der Waals surface area contributed by atoms with Crippen LogP contribution < -0.4 is 11.1 Å². The van der Waals surface area contributed by atoms with Gasteiger partial charge in [-0.2, -0.15) is 22.9 Å². The zero-order valence-corrected chi connectivity index (χ0v) is 20.9. The summed E-state index contributed by atoms with van der Waals surface area (Å²) in [5.41, 5.74) is 7.73. The molecule has 3 aromatic heterocycles. The lowest BCUT2D eigenvalue weighted by Crippen LogP contribution is -2.35. The van der Waals surface area contributed by atoms with Crippen LogP contribution >= 0.6 is 0 Å². The van der Waals surface area contributed by atoms with Crippen molar-refractivity contribution in [1.82, 2.24) is 29.5 Å². The van der Waals surface area contributed by atoms with Gasteiger partial charge in [0.2, 0.25) is 5.95 Å². The topological polar surface area (TPSA) is 130 Å². The Kier molecular flexibility index (Phi) is 7.58. The predicted octanol–water partition coefficient (Wildman–Crippen LogP) is 3.54. The molecule has 0 saturated carbocycles. The smallest absolute Gasteiger partial charge is 0.383 e. The normalized spacial score (nSPS) is 14.4. The highest BCUT2D eigenvalue weighted by Gasteiger charge is 2.30. The number of benzene rings is 1. The van der Waals surface area contributed by atoms with Gasteiger partial charge in [0.15, 0.2) is 11.5 Å². The minimum absolute atomic E-state index is 0.200. The van der Waals surface area contributed by atoms with Gasteiger partial charge < -0.3 is 15.8 Å². The molecule has 10 nitrogen and oxygen atoms in total. The number of nitrogens with zero attached hydrogens (tertiary/aromatic N) is 7. The number of nitrogens with two attached hydrogens (primary N) is 1. The lowest BCUT2D eigenvalue weighted by atomic mass is 10.1. The first kappa shape index (κ1) is 26.3. The van der Waals surface area contributed by atoms with E-state index < -0.39 is 11.7 Å². The first-order valence-electron chi connectivity index (χ1n) is 12.4. The van der Waals surface area contributed by atoms with Gasteiger partial charge in [-0.3, -0.25) is 4.90 Å². The summed E-state index contributed by atoms with van der Waals surface area (Å²) in [5.74, 6) is 1.24. The molecule has 5 rings (SSSR count). The van der Waals surface area contributed by atoms with Gasteiger partial charge >= 0.3 is 6.18 Å². The van der Waals surface area contributed by atoms with E-state index in [0.717, 1.165) is 30.9 Å². The maximum atomic E-state index is 13.1. The number of hydrogen-bond donors (Lipinski definition) is 2. The van der Waals surface area contributed by atoms with E-state index in [9.17, 15) is 13.2 Å². The Hall–Kier alpha value is -4.28. The van der Waals surface area contributed by atoms with Crippen molar-refractivity contribution in [2.45, 2.75) is 25.6 Å². The maximum absolute atomic E-state index is 13.1. The number of rotatable bonds is 8. The highest BCUT2D eigenvalue weighted by atomic mass is 19.4. The molecule has 0 amide bonds. The summed E-state index contributed by atoms with van der Waals surface area (Å²) in [6, 6.07) is 12.0. The molecule has 0 unspecified atom stereocenters. The summed E-state index contributed by atoms with van der Waals surface area (Å²) in [4.78, 5) is 15.8. The zero-order chi connectivity index (χ0) is 27.4. The molecule has 39 heavy (non-hydrogen) atoms. The summed E-state index contributed by atoms with van der Waals surface area (Å²) in [5, 5.41) is 17.0. The van der Waals surface area contributed by atoms with Crippen molar-refractivity contribution in [2.75, 3.05) is 43.9 Å². The van der Waals surface area contributed by atoms with E-state index in [4.69, 9.17) is 15.7 Å². The first-order valence-corrected chi connectivity index (χ1v) is 12.4. The number of nitrogens with one attached hydrogen (secondary N) is 1. The minimum Gasteiger partial charge on any atom is -0.383 e. The van der Waals surface area contributed by atoms with Crippen LogP contribution in [0.25, 0.3) is 16.9 Å². The molecule has 1 aliphatic rings. The molecule has 1 fully saturated rings. The molecule has 0 aliphatic carbocycles. The third-order valence-electron chi connectivity index (χ3n) is 6.34. The van der Waals surface area contributed by atoms with Gasteiger partial charge in [0.25, 0.3) is 0 Å². The molecule has 0 atom stereocenters. The largest absolute Gasteiger partial charge is 0.416 e. The zero-order valence-electron chi connectivity index (χ0n) is 20.9. The van der Waals surface area contributed by atoms with Crippen LogP contribution in [0.3, 0.4) is 0 Å². The highest BCUT2D eigenvalue weighted by molar-refractivity contribution is 5.66. The monoisotopic (exact) mass is 537 g/mol. The second-order valence-corrected chi connectivity index (χ2v) is 9.10. The highest BCUT2D eigenvalue weighted by Crippen LogP contribution is 2.31. The third kappa shape index (κ3) is 6.24. The van der Waals surface area contributed by atoms with Gasteiger partial charge in [-0.1, -0.05) is 12.1 Å². The standard InChI is InChI=1S/C26H26F3N9O/c27-26(28,29)19-6-3-17(4-7-19)21-14-23-35-22(16-37-10-12-39-13-11-37)36-38(23)25(34-21)32-9-1-2-20-8-5-18(15-30)24(31)33-20/h3-8,14H,1-2,9-13,16H2,(H2,31,33)(H,32,34). The van der Waals surface area contributed by atoms with E-state index in [1.165, 1.54) is 12.1 Å². The van der Waals surface area contributed by atoms with Gasteiger partial charge in [-0.05, 0) is 37.1 Å². The Labute approximate surface area is 222 Å². The molecule has 1 saturated heterocycles. The van der Waals surface area contributed by atoms with Crippen molar-refractivity contribution < 1.29 is 17.9 Å². The SMILES string of the molecule is N#Cc1ccc(CCCNc2nc(-c3ccc(C(F)(F)F)cc3)cc3nc(CN4CCOCC4)nn23)nc1N. The van der Waals surface area contributed by atoms with Crippen LogP contribution in [0.1, 0.15) is 29.1 Å². The molecular formula is C26H26F3N9O. The van der Waals surface area contributed by atoms with Crippen LogP contribution in [0.5, 0.6) is 0 Å². The molecule has 1 aromatic carbocycles. The van der Waals surface area contributed by atoms with Crippen LogP contribution in [0, 0.1) is 11.3 Å². The number of ether oxygens (including phenoxy) is 1. The molecule has 0 radical (unpaired) electrons. The fourth-order valence-electron chi connectivity index (χ4n) is 4.27. The van der Waals surface area contributed by atoms with E-state index in [1.807, 2.05) is 6.07 Å². The quantitative estimate of drug-likeness (QED) is 0.324. The summed E-state index contributed by atoms with van der Waals surface area (Å²) in [7, 11) is 0. The van der Waals surface area contributed by atoms with Gasteiger partial charge in [0.1, 0.15) is 11.9 Å². The second-order valence-electron chi connectivity index (χ2n) is 9.10. The lowest BCUT2D eigenvalue weighted by molar-refractivity contribution is -0.137. The number of nitrogen functional groups attached to an aromatic ring is 1. The number of pyridine rings is 1. The maximum Gasteiger partial charge on any atom is 0.416 e. The summed E-state index contributed by atoms with van der Waals surface area (Å²) in [6.07, 6.45) is -3.12. The Morgan fingerprint density at radius 1 is 1.05 bits per heavy atom. The Morgan fingerprint density at radius 2 is 1.82 bits per heavy atom. The van der Waals surface area contributed by atoms with Crippen LogP contribution in [0.15, 0.2) is 42.5 Å². The van der Waals surface area contributed by atoms with Crippen molar-refractivity contribution >= 4 is 17.4 Å². The van der Waals surface area contributed by atoms with Gasteiger partial charge in [-0.15, -0.1) is 5.10 Å². The van der Waals surface area contributed by atoms with Crippen LogP contribution in [0.4, 0.5) is 24.9 Å². The molecule has 3 N–H and O–H groups in total. The molecule has 13 heteroatoms. The Bertz CT molecular complexity index is 1490. The van der Waals surface area contributed by atoms with Crippen molar-refractivity contribution in [3.05, 3.63) is 65.1 Å². The van der Waals surface area contributed by atoms with Crippen LogP contribution in [0.2, 0.25) is 0 Å². The number of anilines is 2. The summed E-state index contributed by atoms with van der Waals surface area (Å²) >= 11 is 0. The van der Waals surface area contributed by atoms with Crippen LogP contribution in [-0.2, 0) is 23.9 Å². The predicted molar refractivity (Wildman–Crippen MR) is 137 cm³/mol. The Morgan fingerprint density at radius 3 is 2.51 bits per heavy atom. The molecule has 202 valence electrons. The Balaban J connectivity index is 1.37. The van der Waals surface area contributed by atoms with E-state index in [1.54, 1.807) is 22.7 Å². The van der Waals surface area contributed by atoms with Crippen LogP contribution in [-0.4, -0.2) is 62.3 Å². The van der Waals surface area contributed by atoms with Gasteiger partial charge in [0.05, 0.1) is 36.6 Å². The fourth-order valence-corrected chi connectivity index (χ4v) is 4.27. The number of fused-ring (bicyclic) bond motifs is 1. The second kappa shape index (κ2) is 11.2. The van der Waals surface area contributed by atoms with E-state index in [-0.39, 0.29) is 5.82 Å². The van der Waals surface area contributed by atoms with Gasteiger partial charge in [0, 0.05) is 37.0 Å². The molecule has 0 bridgehead atoms. The minimum atomic E-state index is -4.42. The fraction of sp³-hybridized carbons (Fsp3) is 0.346. The van der Waals surface area contributed by atoms with Crippen molar-refractivity contribution in [3.63, 3.8) is 0 Å². The average molecular weight is 538 g/mol. The average Bonchev–Trinajstić information content (AvgIpc) is 3.33. The van der Waals surface area contributed by atoms with Crippen molar-refractivity contribution in [3.8, 4) is 17.3 Å². The lowest BCUT2D eigenvalue weighted by Gasteiger charge is -2.25. The summed E-state index contributed by atoms with van der Waals surface area (Å²) < 4.78 is 46.2. The third-order valence-corrected chi connectivity index (χ3v) is 6.34. The molecule has 1 aliphatic heterocycles. The van der Waals surface area contributed by atoms with E-state index in [0.29, 0.717) is 73.4 Å². The van der Waals surface area contributed by atoms with Crippen molar-refractivity contribution in [2.24, 2.45) is 0 Å². The number of nitriles is 1. The summed E-state index contributed by atoms with van der Waals surface area (Å²) in [6.45, 7) is 3.93. The number of hydrogen-bond acceptors (Lipinski definition) is 9. The number of aryl methyl sites for hydroxylation is 1. The van der Waals surface area contributed by atoms with Crippen molar-refractivity contribution in [1.29, 1.82) is 5.26 Å². The van der Waals surface area contributed by atoms with Gasteiger partial charge in [-0.25, -0.2) is 15.0 Å². The van der Waals surface area contributed by atoms with E-state index in [2.05, 4.69) is 30.3 Å². The number of halogens is 3. The number of alkyl halides is 3. The number of aromatic nitrogens is 5. The molecule has 4 heterocycles. The molecule has 0 spiro atoms.